The molecule has 2 heterocycles. The smallest absolute Gasteiger partial charge is 0.118 e. The Balaban J connectivity index is 1.99. The zero-order chi connectivity index (χ0) is 12.1. The van der Waals surface area contributed by atoms with E-state index in [0.29, 0.717) is 5.54 Å². The minimum atomic E-state index is 0.503. The van der Waals surface area contributed by atoms with Crippen LogP contribution >= 0.6 is 0 Å². The first-order chi connectivity index (χ1) is 8.09. The molecule has 3 rings (SSSR count). The summed E-state index contributed by atoms with van der Waals surface area (Å²) in [5.74, 6) is 0.985. The number of rotatable bonds is 1. The molecule has 0 spiro atoms. The van der Waals surface area contributed by atoms with Gasteiger partial charge in [0, 0.05) is 12.8 Å². The Labute approximate surface area is 106 Å². The second-order valence-corrected chi connectivity index (χ2v) is 7.07. The molecule has 3 atom stereocenters. The van der Waals surface area contributed by atoms with Gasteiger partial charge >= 0.3 is 0 Å². The fourth-order valence-electron chi connectivity index (χ4n) is 4.87. The van der Waals surface area contributed by atoms with E-state index in [1.807, 2.05) is 11.1 Å². The topological polar surface area (TPSA) is 0 Å². The summed E-state index contributed by atoms with van der Waals surface area (Å²) in [7, 11) is 2.54. The highest BCUT2D eigenvalue weighted by atomic mass is 15.4. The molecule has 0 bridgehead atoms. The van der Waals surface area contributed by atoms with Gasteiger partial charge in [0.2, 0.25) is 0 Å². The van der Waals surface area contributed by atoms with Crippen LogP contribution in [0.3, 0.4) is 0 Å². The highest BCUT2D eigenvalue weighted by Crippen LogP contribution is 2.51. The van der Waals surface area contributed by atoms with Crippen molar-refractivity contribution in [2.45, 2.75) is 64.3 Å². The second-order valence-electron chi connectivity index (χ2n) is 7.07. The molecule has 3 aliphatic rings. The standard InChI is InChI=1S/C16H28N/c1-4-13-8-10-17(3)11-9-14-6-5-7-15(14)16(17,2)12-13/h13H,4-12H2,1-3H3/q+1/t13-,16+,17+/m1/s1. The molecule has 0 aromatic carbocycles. The van der Waals surface area contributed by atoms with Crippen molar-refractivity contribution < 1.29 is 4.48 Å². The third kappa shape index (κ3) is 1.54. The van der Waals surface area contributed by atoms with Gasteiger partial charge in [0.15, 0.2) is 0 Å². The molecule has 1 fully saturated rings. The molecule has 0 unspecified atom stereocenters. The monoisotopic (exact) mass is 234 g/mol. The molecular formula is C16H28N+. The molecule has 0 aromatic heterocycles. The van der Waals surface area contributed by atoms with Crippen LogP contribution < -0.4 is 0 Å². The van der Waals surface area contributed by atoms with Crippen molar-refractivity contribution in [2.75, 3.05) is 20.1 Å². The van der Waals surface area contributed by atoms with E-state index in [9.17, 15) is 0 Å². The van der Waals surface area contributed by atoms with Gasteiger partial charge in [-0.2, -0.15) is 0 Å². The first kappa shape index (κ1) is 11.8. The van der Waals surface area contributed by atoms with Crippen molar-refractivity contribution >= 4 is 0 Å². The number of fused-ring (bicyclic) bond motifs is 2. The third-order valence-electron chi connectivity index (χ3n) is 6.38. The number of piperidine rings is 1. The molecular weight excluding hydrogens is 206 g/mol. The highest BCUT2D eigenvalue weighted by molar-refractivity contribution is 5.30. The number of likely N-dealkylation sites (N-methyl/N-ethyl adjacent to an activating group) is 1. The molecule has 1 nitrogen and oxygen atoms in total. The van der Waals surface area contributed by atoms with Crippen molar-refractivity contribution in [3.8, 4) is 0 Å². The largest absolute Gasteiger partial charge is 0.318 e. The predicted octanol–water partition coefficient (Wildman–Crippen LogP) is 3.90. The number of hydrogen-bond donors (Lipinski definition) is 0. The molecule has 1 aliphatic carbocycles. The van der Waals surface area contributed by atoms with E-state index in [2.05, 4.69) is 20.9 Å². The van der Waals surface area contributed by atoms with Crippen LogP contribution in [0.5, 0.6) is 0 Å². The second kappa shape index (κ2) is 3.85. The van der Waals surface area contributed by atoms with Crippen LogP contribution in [0, 0.1) is 5.92 Å². The Kier molecular flexibility index (Phi) is 2.66. The van der Waals surface area contributed by atoms with Crippen molar-refractivity contribution in [2.24, 2.45) is 5.92 Å². The molecule has 0 radical (unpaired) electrons. The molecule has 0 aromatic rings. The molecule has 96 valence electrons. The quantitative estimate of drug-likeness (QED) is 0.477. The summed E-state index contributed by atoms with van der Waals surface area (Å²) < 4.78 is 1.35. The van der Waals surface area contributed by atoms with Gasteiger partial charge in [-0.05, 0) is 44.1 Å². The predicted molar refractivity (Wildman–Crippen MR) is 72.8 cm³/mol. The van der Waals surface area contributed by atoms with E-state index in [-0.39, 0.29) is 0 Å². The van der Waals surface area contributed by atoms with Crippen LogP contribution in [0.2, 0.25) is 0 Å². The fourth-order valence-corrected chi connectivity index (χ4v) is 4.87. The number of quaternary nitrogens is 1. The van der Waals surface area contributed by atoms with Crippen LogP contribution in [-0.2, 0) is 0 Å². The Morgan fingerprint density at radius 3 is 2.82 bits per heavy atom. The van der Waals surface area contributed by atoms with Crippen LogP contribution in [0.15, 0.2) is 11.1 Å². The van der Waals surface area contributed by atoms with Crippen LogP contribution in [0.1, 0.15) is 58.8 Å². The summed E-state index contributed by atoms with van der Waals surface area (Å²) in [5.41, 5.74) is 4.26. The summed E-state index contributed by atoms with van der Waals surface area (Å²) in [6, 6.07) is 0. The number of hydrogen-bond acceptors (Lipinski definition) is 0. The summed E-state index contributed by atoms with van der Waals surface area (Å²) in [6.45, 7) is 7.81. The van der Waals surface area contributed by atoms with Gasteiger partial charge in [-0.15, -0.1) is 0 Å². The SMILES string of the molecule is CC[C@@H]1CC[N@@+]2(C)CCC3=C(CCC3)[C@]2(C)C1. The van der Waals surface area contributed by atoms with Gasteiger partial charge < -0.3 is 4.48 Å². The maximum Gasteiger partial charge on any atom is 0.118 e. The Hall–Kier alpha value is -0.300. The first-order valence-electron chi connectivity index (χ1n) is 7.65. The van der Waals surface area contributed by atoms with E-state index in [1.165, 1.54) is 62.5 Å². The van der Waals surface area contributed by atoms with Gasteiger partial charge in [0.05, 0.1) is 20.1 Å². The highest BCUT2D eigenvalue weighted by Gasteiger charge is 2.54. The molecule has 1 saturated heterocycles. The average molecular weight is 234 g/mol. The minimum absolute atomic E-state index is 0.503. The lowest BCUT2D eigenvalue weighted by atomic mass is 9.70. The van der Waals surface area contributed by atoms with Crippen LogP contribution in [-0.4, -0.2) is 30.2 Å². The van der Waals surface area contributed by atoms with Crippen molar-refractivity contribution in [1.29, 1.82) is 0 Å². The van der Waals surface area contributed by atoms with Gasteiger partial charge in [0.25, 0.3) is 0 Å². The summed E-state index contributed by atoms with van der Waals surface area (Å²) in [5, 5.41) is 0. The lowest BCUT2D eigenvalue weighted by Gasteiger charge is -2.57. The van der Waals surface area contributed by atoms with Gasteiger partial charge in [0.1, 0.15) is 5.54 Å². The minimum Gasteiger partial charge on any atom is -0.318 e. The van der Waals surface area contributed by atoms with Gasteiger partial charge in [-0.25, -0.2) is 0 Å². The molecule has 2 aliphatic heterocycles. The average Bonchev–Trinajstić information content (AvgIpc) is 2.79. The lowest BCUT2D eigenvalue weighted by Crippen LogP contribution is -2.67. The maximum absolute atomic E-state index is 2.59. The first-order valence-corrected chi connectivity index (χ1v) is 7.65. The van der Waals surface area contributed by atoms with E-state index in [1.54, 1.807) is 0 Å². The molecule has 17 heavy (non-hydrogen) atoms. The van der Waals surface area contributed by atoms with Crippen LogP contribution in [0.4, 0.5) is 0 Å². The summed E-state index contributed by atoms with van der Waals surface area (Å²) in [6.07, 6.45) is 9.98. The van der Waals surface area contributed by atoms with Gasteiger partial charge in [-0.3, -0.25) is 0 Å². The Morgan fingerprint density at radius 2 is 2.06 bits per heavy atom. The Bertz CT molecular complexity index is 357. The van der Waals surface area contributed by atoms with Crippen molar-refractivity contribution in [1.82, 2.24) is 0 Å². The zero-order valence-electron chi connectivity index (χ0n) is 11.9. The van der Waals surface area contributed by atoms with Gasteiger partial charge in [-0.1, -0.05) is 18.9 Å². The maximum atomic E-state index is 2.59. The summed E-state index contributed by atoms with van der Waals surface area (Å²) in [4.78, 5) is 0. The number of nitrogens with zero attached hydrogens (tertiary/aromatic N) is 1. The Morgan fingerprint density at radius 1 is 1.24 bits per heavy atom. The normalized spacial score (nSPS) is 45.7. The van der Waals surface area contributed by atoms with E-state index >= 15 is 0 Å². The molecule has 0 saturated carbocycles. The summed E-state index contributed by atoms with van der Waals surface area (Å²) >= 11 is 0. The third-order valence-corrected chi connectivity index (χ3v) is 6.38. The fraction of sp³-hybridized carbons (Fsp3) is 0.875. The van der Waals surface area contributed by atoms with E-state index in [4.69, 9.17) is 0 Å². The van der Waals surface area contributed by atoms with Crippen LogP contribution in [0.25, 0.3) is 0 Å². The molecule has 1 heteroatoms. The zero-order valence-corrected chi connectivity index (χ0v) is 11.9. The van der Waals surface area contributed by atoms with Crippen molar-refractivity contribution in [3.63, 3.8) is 0 Å². The van der Waals surface area contributed by atoms with E-state index in [0.717, 1.165) is 5.92 Å². The molecule has 0 N–H and O–H groups in total. The molecule has 0 amide bonds. The lowest BCUT2D eigenvalue weighted by molar-refractivity contribution is -0.959. The van der Waals surface area contributed by atoms with E-state index < -0.39 is 0 Å². The van der Waals surface area contributed by atoms with Crippen molar-refractivity contribution in [3.05, 3.63) is 11.1 Å².